The Kier molecular flexibility index (Phi) is 2.96. The molecule has 0 aliphatic carbocycles. The minimum absolute atomic E-state index is 0.133. The number of nitro groups is 1. The maximum absolute atomic E-state index is 10.7. The number of rotatable bonds is 3. The molecule has 0 bridgehead atoms. The monoisotopic (exact) mass is 234 g/mol. The van der Waals surface area contributed by atoms with Crippen LogP contribution in [-0.2, 0) is 0 Å². The normalized spacial score (nSPS) is 12.3. The molecular formula is C11H10N2O2S. The Morgan fingerprint density at radius 3 is 2.94 bits per heavy atom. The Bertz CT molecular complexity index is 496. The van der Waals surface area contributed by atoms with E-state index in [1.54, 1.807) is 35.2 Å². The summed E-state index contributed by atoms with van der Waals surface area (Å²) in [5.74, 6) is 0.146. The quantitative estimate of drug-likeness (QED) is 0.605. The van der Waals surface area contributed by atoms with Gasteiger partial charge < -0.3 is 0 Å². The number of hydrogen-bond acceptors (Lipinski definition) is 4. The van der Waals surface area contributed by atoms with Crippen molar-refractivity contribution in [1.82, 2.24) is 4.98 Å². The van der Waals surface area contributed by atoms with Gasteiger partial charge in [0.05, 0.1) is 10.4 Å². The van der Waals surface area contributed by atoms with E-state index >= 15 is 0 Å². The molecule has 1 atom stereocenters. The Morgan fingerprint density at radius 1 is 1.50 bits per heavy atom. The molecule has 0 radical (unpaired) electrons. The summed E-state index contributed by atoms with van der Waals surface area (Å²) in [5.41, 5.74) is 2.84. The van der Waals surface area contributed by atoms with E-state index in [1.165, 1.54) is 6.07 Å². The van der Waals surface area contributed by atoms with Crippen LogP contribution in [0, 0.1) is 10.1 Å². The summed E-state index contributed by atoms with van der Waals surface area (Å²) in [7, 11) is 0. The molecule has 1 unspecified atom stereocenters. The molecule has 1 aromatic carbocycles. The number of non-ortho nitro benzene ring substituents is 1. The Balaban J connectivity index is 2.34. The highest BCUT2D eigenvalue weighted by molar-refractivity contribution is 7.09. The van der Waals surface area contributed by atoms with Gasteiger partial charge in [0.2, 0.25) is 0 Å². The molecule has 0 saturated carbocycles. The second-order valence-corrected chi connectivity index (χ2v) is 4.40. The fourth-order valence-corrected chi connectivity index (χ4v) is 2.22. The largest absolute Gasteiger partial charge is 0.269 e. The summed E-state index contributed by atoms with van der Waals surface area (Å²) in [4.78, 5) is 15.4. The van der Waals surface area contributed by atoms with Gasteiger partial charge in [0.1, 0.15) is 0 Å². The first-order valence-electron chi connectivity index (χ1n) is 4.81. The van der Waals surface area contributed by atoms with Crippen LogP contribution in [0.3, 0.4) is 0 Å². The standard InChI is InChI=1S/C11H10N2O2S/c1-8(11-6-12-7-16-11)9-3-2-4-10(5-9)13(14)15/h2-8H,1H3. The lowest BCUT2D eigenvalue weighted by Gasteiger charge is -2.08. The summed E-state index contributed by atoms with van der Waals surface area (Å²) >= 11 is 1.56. The average molecular weight is 234 g/mol. The van der Waals surface area contributed by atoms with Crippen molar-refractivity contribution >= 4 is 17.0 Å². The molecule has 0 spiro atoms. The van der Waals surface area contributed by atoms with Crippen LogP contribution in [0.15, 0.2) is 36.0 Å². The average Bonchev–Trinajstić information content (AvgIpc) is 2.81. The third-order valence-corrected chi connectivity index (χ3v) is 3.42. The molecule has 1 aromatic heterocycles. The number of nitro benzene ring substituents is 1. The summed E-state index contributed by atoms with van der Waals surface area (Å²) in [6.07, 6.45) is 1.80. The Hall–Kier alpha value is -1.75. The molecule has 5 heteroatoms. The second kappa shape index (κ2) is 4.40. The molecule has 1 heterocycles. The maximum atomic E-state index is 10.7. The van der Waals surface area contributed by atoms with Gasteiger partial charge in [-0.15, -0.1) is 11.3 Å². The van der Waals surface area contributed by atoms with Crippen molar-refractivity contribution in [3.05, 3.63) is 56.5 Å². The first-order chi connectivity index (χ1) is 7.68. The van der Waals surface area contributed by atoms with Crippen molar-refractivity contribution in [1.29, 1.82) is 0 Å². The lowest BCUT2D eigenvalue weighted by Crippen LogP contribution is -1.95. The van der Waals surface area contributed by atoms with E-state index in [4.69, 9.17) is 0 Å². The van der Waals surface area contributed by atoms with Gasteiger partial charge in [-0.3, -0.25) is 15.1 Å². The Labute approximate surface area is 96.7 Å². The van der Waals surface area contributed by atoms with Crippen molar-refractivity contribution in [3.8, 4) is 0 Å². The molecule has 0 amide bonds. The van der Waals surface area contributed by atoms with Crippen molar-refractivity contribution in [2.45, 2.75) is 12.8 Å². The van der Waals surface area contributed by atoms with Gasteiger partial charge >= 0.3 is 0 Å². The predicted molar refractivity (Wildman–Crippen MR) is 62.7 cm³/mol. The molecule has 16 heavy (non-hydrogen) atoms. The van der Waals surface area contributed by atoms with E-state index < -0.39 is 0 Å². The van der Waals surface area contributed by atoms with Gasteiger partial charge in [-0.2, -0.15) is 0 Å². The summed E-state index contributed by atoms with van der Waals surface area (Å²) in [6, 6.07) is 6.73. The SMILES string of the molecule is CC(c1cccc([N+](=O)[O-])c1)c1cncs1. The fourth-order valence-electron chi connectivity index (χ4n) is 1.51. The first-order valence-corrected chi connectivity index (χ1v) is 5.69. The van der Waals surface area contributed by atoms with E-state index in [-0.39, 0.29) is 16.5 Å². The first kappa shape index (κ1) is 10.8. The number of thiazole rings is 1. The zero-order chi connectivity index (χ0) is 11.5. The molecule has 82 valence electrons. The van der Waals surface area contributed by atoms with E-state index in [2.05, 4.69) is 4.98 Å². The van der Waals surface area contributed by atoms with Gasteiger partial charge in [-0.25, -0.2) is 0 Å². The minimum Gasteiger partial charge on any atom is -0.258 e. The number of aromatic nitrogens is 1. The van der Waals surface area contributed by atoms with Crippen LogP contribution in [-0.4, -0.2) is 9.91 Å². The second-order valence-electron chi connectivity index (χ2n) is 3.48. The van der Waals surface area contributed by atoms with Gasteiger partial charge in [-0.1, -0.05) is 19.1 Å². The predicted octanol–water partition coefficient (Wildman–Crippen LogP) is 3.20. The van der Waals surface area contributed by atoms with Gasteiger partial charge in [0.15, 0.2) is 0 Å². The van der Waals surface area contributed by atoms with Gasteiger partial charge in [0, 0.05) is 29.1 Å². The Morgan fingerprint density at radius 2 is 2.31 bits per heavy atom. The molecular weight excluding hydrogens is 224 g/mol. The summed E-state index contributed by atoms with van der Waals surface area (Å²) in [6.45, 7) is 2.02. The molecule has 0 aliphatic rings. The topological polar surface area (TPSA) is 56.0 Å². The van der Waals surface area contributed by atoms with Crippen LogP contribution in [0.5, 0.6) is 0 Å². The summed E-state index contributed by atoms with van der Waals surface area (Å²) < 4.78 is 0. The molecule has 0 saturated heterocycles. The highest BCUT2D eigenvalue weighted by atomic mass is 32.1. The number of benzene rings is 1. The highest BCUT2D eigenvalue weighted by Crippen LogP contribution is 2.28. The van der Waals surface area contributed by atoms with Crippen molar-refractivity contribution in [3.63, 3.8) is 0 Å². The van der Waals surface area contributed by atoms with Crippen LogP contribution in [0.4, 0.5) is 5.69 Å². The van der Waals surface area contributed by atoms with Crippen LogP contribution >= 0.6 is 11.3 Å². The highest BCUT2D eigenvalue weighted by Gasteiger charge is 2.13. The molecule has 0 fully saturated rings. The number of nitrogens with zero attached hydrogens (tertiary/aromatic N) is 2. The van der Waals surface area contributed by atoms with E-state index in [9.17, 15) is 10.1 Å². The van der Waals surface area contributed by atoms with Crippen molar-refractivity contribution in [2.75, 3.05) is 0 Å². The van der Waals surface area contributed by atoms with Crippen LogP contribution < -0.4 is 0 Å². The molecule has 2 aromatic rings. The molecule has 2 rings (SSSR count). The minimum atomic E-state index is -0.372. The smallest absolute Gasteiger partial charge is 0.258 e. The van der Waals surface area contributed by atoms with Crippen LogP contribution in [0.25, 0.3) is 0 Å². The molecule has 4 nitrogen and oxygen atoms in total. The third kappa shape index (κ3) is 2.09. The van der Waals surface area contributed by atoms with Crippen molar-refractivity contribution in [2.24, 2.45) is 0 Å². The van der Waals surface area contributed by atoms with Crippen LogP contribution in [0.2, 0.25) is 0 Å². The zero-order valence-corrected chi connectivity index (χ0v) is 9.48. The van der Waals surface area contributed by atoms with E-state index in [0.717, 1.165) is 10.4 Å². The molecule has 0 aliphatic heterocycles. The van der Waals surface area contributed by atoms with Gasteiger partial charge in [0.25, 0.3) is 5.69 Å². The van der Waals surface area contributed by atoms with E-state index in [0.29, 0.717) is 0 Å². The third-order valence-electron chi connectivity index (χ3n) is 2.46. The lowest BCUT2D eigenvalue weighted by atomic mass is 10.00. The fraction of sp³-hybridized carbons (Fsp3) is 0.182. The number of hydrogen-bond donors (Lipinski definition) is 0. The summed E-state index contributed by atoms with van der Waals surface area (Å²) in [5, 5.41) is 10.7. The van der Waals surface area contributed by atoms with Crippen LogP contribution in [0.1, 0.15) is 23.3 Å². The van der Waals surface area contributed by atoms with E-state index in [1.807, 2.05) is 13.0 Å². The maximum Gasteiger partial charge on any atom is 0.269 e. The lowest BCUT2D eigenvalue weighted by molar-refractivity contribution is -0.384. The zero-order valence-electron chi connectivity index (χ0n) is 8.66. The molecule has 0 N–H and O–H groups in total. The van der Waals surface area contributed by atoms with Crippen molar-refractivity contribution < 1.29 is 4.92 Å². The van der Waals surface area contributed by atoms with Gasteiger partial charge in [-0.05, 0) is 5.56 Å².